The molecule has 4 nitrogen and oxygen atoms in total. The van der Waals surface area contributed by atoms with Crippen molar-refractivity contribution in [3.63, 3.8) is 0 Å². The van der Waals surface area contributed by atoms with E-state index in [9.17, 15) is 14.3 Å². The minimum absolute atomic E-state index is 0.00306. The highest BCUT2D eigenvalue weighted by Gasteiger charge is 2.45. The second-order valence-electron chi connectivity index (χ2n) is 10.5. The Morgan fingerprint density at radius 3 is 2.43 bits per heavy atom. The number of ketones is 1. The summed E-state index contributed by atoms with van der Waals surface area (Å²) in [6.45, 7) is 7.65. The van der Waals surface area contributed by atoms with E-state index in [1.165, 1.54) is 11.3 Å². The van der Waals surface area contributed by atoms with E-state index in [0.717, 1.165) is 68.7 Å². The Labute approximate surface area is 220 Å². The number of ether oxygens (including phenoxy) is 1. The van der Waals surface area contributed by atoms with Crippen LogP contribution in [0.15, 0.2) is 54.6 Å². The molecule has 1 aliphatic heterocycles. The van der Waals surface area contributed by atoms with Gasteiger partial charge in [-0.25, -0.2) is 4.39 Å². The van der Waals surface area contributed by atoms with Gasteiger partial charge in [-0.1, -0.05) is 29.8 Å². The first-order chi connectivity index (χ1) is 17.8. The number of hydrogen-bond donors (Lipinski definition) is 1. The molecule has 1 aliphatic carbocycles. The molecular weight excluding hydrogens is 485 g/mol. The van der Waals surface area contributed by atoms with Crippen molar-refractivity contribution >= 4 is 27.2 Å². The average molecular weight is 516 g/mol. The monoisotopic (exact) mass is 515 g/mol. The number of halogens is 1. The number of carbonyl (C=O) groups excluding carboxylic acids is 1. The number of phenols is 1. The topological polar surface area (TPSA) is 49.8 Å². The molecule has 37 heavy (non-hydrogen) atoms. The second-order valence-corrected chi connectivity index (χ2v) is 11.5. The van der Waals surface area contributed by atoms with Crippen LogP contribution >= 0.6 is 11.3 Å². The summed E-state index contributed by atoms with van der Waals surface area (Å²) in [5.41, 5.74) is 5.61. The summed E-state index contributed by atoms with van der Waals surface area (Å²) in [4.78, 5) is 16.8. The fraction of sp³-hybridized carbons (Fsp3) is 0.323. The zero-order valence-corrected chi connectivity index (χ0v) is 22.1. The molecule has 2 heterocycles. The molecular formula is C31H30FNO3S. The summed E-state index contributed by atoms with van der Waals surface area (Å²) in [5.74, 6) is 0.961. The summed E-state index contributed by atoms with van der Waals surface area (Å²) in [6, 6.07) is 17.4. The molecule has 3 aromatic carbocycles. The van der Waals surface area contributed by atoms with E-state index in [2.05, 4.69) is 4.90 Å². The van der Waals surface area contributed by atoms with Crippen LogP contribution in [0.2, 0.25) is 0 Å². The Morgan fingerprint density at radius 1 is 1.05 bits per heavy atom. The van der Waals surface area contributed by atoms with Crippen molar-refractivity contribution < 1.29 is 19.0 Å². The lowest BCUT2D eigenvalue weighted by molar-refractivity contribution is 0.104. The van der Waals surface area contributed by atoms with Gasteiger partial charge in [-0.3, -0.25) is 9.69 Å². The first-order valence-corrected chi connectivity index (χ1v) is 13.6. The highest BCUT2D eigenvalue weighted by Crippen LogP contribution is 2.42. The first-order valence-electron chi connectivity index (χ1n) is 12.8. The van der Waals surface area contributed by atoms with Crippen LogP contribution in [-0.4, -0.2) is 47.2 Å². The fourth-order valence-electron chi connectivity index (χ4n) is 5.76. The van der Waals surface area contributed by atoms with Gasteiger partial charge >= 0.3 is 0 Å². The Bertz CT molecular complexity index is 1490. The van der Waals surface area contributed by atoms with Gasteiger partial charge in [-0.05, 0) is 80.6 Å². The lowest BCUT2D eigenvalue weighted by atomic mass is 9.92. The molecule has 0 radical (unpaired) electrons. The average Bonchev–Trinajstić information content (AvgIpc) is 3.23. The van der Waals surface area contributed by atoms with Gasteiger partial charge in [-0.2, -0.15) is 0 Å². The molecule has 2 aliphatic rings. The Balaban J connectivity index is 1.33. The highest BCUT2D eigenvalue weighted by atomic mass is 32.1. The SMILES string of the molecule is Cc1cc(C)c(C(=O)c2sc3cc(O)ccc3c2-c2ccc(O[C@@H]3CCN(C4CC4F)C3)cc2)c(C)c1. The zero-order valence-electron chi connectivity index (χ0n) is 21.3. The van der Waals surface area contributed by atoms with Crippen molar-refractivity contribution in [3.8, 4) is 22.6 Å². The molecule has 0 amide bonds. The van der Waals surface area contributed by atoms with Crippen molar-refractivity contribution in [2.45, 2.75) is 51.9 Å². The van der Waals surface area contributed by atoms with Crippen molar-refractivity contribution in [3.05, 3.63) is 81.7 Å². The number of thiophene rings is 1. The van der Waals surface area contributed by atoms with Gasteiger partial charge in [0.2, 0.25) is 5.78 Å². The van der Waals surface area contributed by atoms with Gasteiger partial charge in [0.25, 0.3) is 0 Å². The number of nitrogens with zero attached hydrogens (tertiary/aromatic N) is 1. The smallest absolute Gasteiger partial charge is 0.204 e. The van der Waals surface area contributed by atoms with Crippen molar-refractivity contribution in [1.29, 1.82) is 0 Å². The molecule has 4 aromatic rings. The van der Waals surface area contributed by atoms with Crippen LogP contribution in [0.3, 0.4) is 0 Å². The predicted octanol–water partition coefficient (Wildman–Crippen LogP) is 6.99. The van der Waals surface area contributed by atoms with Gasteiger partial charge in [-0.15, -0.1) is 11.3 Å². The fourth-order valence-corrected chi connectivity index (χ4v) is 6.96. The van der Waals surface area contributed by atoms with Gasteiger partial charge in [0.15, 0.2) is 0 Å². The number of hydrogen-bond acceptors (Lipinski definition) is 5. The highest BCUT2D eigenvalue weighted by molar-refractivity contribution is 7.21. The van der Waals surface area contributed by atoms with Crippen LogP contribution in [0.5, 0.6) is 11.5 Å². The number of phenolic OH excluding ortho intramolecular Hbond substituents is 1. The minimum Gasteiger partial charge on any atom is -0.508 e. The van der Waals surface area contributed by atoms with Crippen LogP contribution in [-0.2, 0) is 0 Å². The molecule has 0 bridgehead atoms. The molecule has 2 fully saturated rings. The molecule has 6 rings (SSSR count). The summed E-state index contributed by atoms with van der Waals surface area (Å²) < 4.78 is 20.5. The summed E-state index contributed by atoms with van der Waals surface area (Å²) in [7, 11) is 0. The van der Waals surface area contributed by atoms with E-state index in [1.807, 2.05) is 63.2 Å². The van der Waals surface area contributed by atoms with Gasteiger partial charge in [0.1, 0.15) is 23.8 Å². The molecule has 1 N–H and O–H groups in total. The third kappa shape index (κ3) is 4.53. The van der Waals surface area contributed by atoms with E-state index in [-0.39, 0.29) is 23.7 Å². The van der Waals surface area contributed by atoms with E-state index >= 15 is 0 Å². The Kier molecular flexibility index (Phi) is 6.04. The van der Waals surface area contributed by atoms with Gasteiger partial charge in [0.05, 0.1) is 4.88 Å². The number of alkyl halides is 1. The van der Waals surface area contributed by atoms with Crippen molar-refractivity contribution in [2.24, 2.45) is 0 Å². The molecule has 0 spiro atoms. The van der Waals surface area contributed by atoms with E-state index in [0.29, 0.717) is 11.3 Å². The molecule has 1 aromatic heterocycles. The maximum Gasteiger partial charge on any atom is 0.204 e. The molecule has 1 saturated carbocycles. The standard InChI is InChI=1S/C31H30FNO3S/c1-17-12-18(2)28(19(3)13-17)30(35)31-29(24-9-6-21(34)14-27(24)37-31)20-4-7-22(8-5-20)36-23-10-11-33(16-23)26-15-25(26)32/h4-9,12-14,23,25-26,34H,10-11,15-16H2,1-3H3/t23-,25?,26?/m1/s1. The first kappa shape index (κ1) is 24.1. The second kappa shape index (κ2) is 9.26. The number of fused-ring (bicyclic) bond motifs is 1. The third-order valence-electron chi connectivity index (χ3n) is 7.56. The maximum atomic E-state index is 14.0. The van der Waals surface area contributed by atoms with Crippen LogP contribution in [0.25, 0.3) is 21.2 Å². The Hall–Kier alpha value is -3.22. The number of rotatable bonds is 6. The number of likely N-dealkylation sites (tertiary alicyclic amines) is 1. The van der Waals surface area contributed by atoms with Gasteiger partial charge in [0, 0.05) is 40.3 Å². The summed E-state index contributed by atoms with van der Waals surface area (Å²) >= 11 is 1.42. The summed E-state index contributed by atoms with van der Waals surface area (Å²) in [5, 5.41) is 11.0. The van der Waals surface area contributed by atoms with Crippen LogP contribution in [0, 0.1) is 20.8 Å². The van der Waals surface area contributed by atoms with Crippen LogP contribution in [0.1, 0.15) is 44.8 Å². The molecule has 1 saturated heterocycles. The number of aryl methyl sites for hydroxylation is 3. The quantitative estimate of drug-likeness (QED) is 0.281. The van der Waals surface area contributed by atoms with Gasteiger partial charge < -0.3 is 9.84 Å². The van der Waals surface area contributed by atoms with Crippen LogP contribution in [0.4, 0.5) is 4.39 Å². The minimum atomic E-state index is -0.676. The van der Waals surface area contributed by atoms with Crippen LogP contribution < -0.4 is 4.74 Å². The zero-order chi connectivity index (χ0) is 25.8. The molecule has 6 heteroatoms. The normalized spacial score (nSPS) is 21.5. The van der Waals surface area contributed by atoms with E-state index < -0.39 is 6.17 Å². The number of benzene rings is 3. The lowest BCUT2D eigenvalue weighted by Crippen LogP contribution is -2.28. The largest absolute Gasteiger partial charge is 0.508 e. The number of carbonyl (C=O) groups is 1. The van der Waals surface area contributed by atoms with E-state index in [4.69, 9.17) is 4.74 Å². The number of aromatic hydroxyl groups is 1. The van der Waals surface area contributed by atoms with Crippen molar-refractivity contribution in [2.75, 3.05) is 13.1 Å². The maximum absolute atomic E-state index is 14.0. The Morgan fingerprint density at radius 2 is 1.76 bits per heavy atom. The lowest BCUT2D eigenvalue weighted by Gasteiger charge is -2.16. The van der Waals surface area contributed by atoms with Crippen molar-refractivity contribution in [1.82, 2.24) is 4.90 Å². The predicted molar refractivity (Wildman–Crippen MR) is 147 cm³/mol. The molecule has 2 unspecified atom stereocenters. The third-order valence-corrected chi connectivity index (χ3v) is 8.71. The van der Waals surface area contributed by atoms with E-state index in [1.54, 1.807) is 12.1 Å². The molecule has 3 atom stereocenters. The summed E-state index contributed by atoms with van der Waals surface area (Å²) in [6.07, 6.45) is 0.937. The molecule has 190 valence electrons.